The lowest BCUT2D eigenvalue weighted by Gasteiger charge is -2.25. The molecule has 21 heteroatoms. The van der Waals surface area contributed by atoms with Crippen LogP contribution in [0.15, 0.2) is 34.3 Å². The van der Waals surface area contributed by atoms with E-state index in [2.05, 4.69) is 61.8 Å². The fourth-order valence-corrected chi connectivity index (χ4v) is 4.61. The van der Waals surface area contributed by atoms with E-state index in [1.807, 2.05) is 0 Å². The number of guanidine groups is 2. The third kappa shape index (κ3) is 17.6. The summed E-state index contributed by atoms with van der Waals surface area (Å²) in [5.41, 5.74) is 27.6. The summed E-state index contributed by atoms with van der Waals surface area (Å²) in [5, 5.41) is 22.1. The van der Waals surface area contributed by atoms with Crippen molar-refractivity contribution >= 4 is 73.0 Å². The number of carbonyl (C=O) groups excluding carboxylic acids is 6. The summed E-state index contributed by atoms with van der Waals surface area (Å²) in [6, 6.07) is 0.417. The maximum atomic E-state index is 13.4. The second kappa shape index (κ2) is 23.6. The Balaban J connectivity index is 3.00. The second-order valence-corrected chi connectivity index (χ2v) is 11.7. The number of aliphatic imine (C=N–C) groups is 2. The third-order valence-corrected chi connectivity index (χ3v) is 7.60. The Labute approximate surface area is 300 Å². The Morgan fingerprint density at radius 2 is 1.28 bits per heavy atom. The van der Waals surface area contributed by atoms with Gasteiger partial charge in [-0.2, -0.15) is 25.3 Å². The van der Waals surface area contributed by atoms with Gasteiger partial charge in [0.1, 0.15) is 30.2 Å². The van der Waals surface area contributed by atoms with Gasteiger partial charge in [0, 0.05) is 31.0 Å². The molecular weight excluding hydrogens is 693 g/mol. The predicted molar refractivity (Wildman–Crippen MR) is 194 cm³/mol. The highest BCUT2D eigenvalue weighted by molar-refractivity contribution is 7.80. The topological polar surface area (TPSA) is 338 Å². The van der Waals surface area contributed by atoms with E-state index < -0.39 is 66.3 Å². The van der Waals surface area contributed by atoms with Gasteiger partial charge in [-0.3, -0.25) is 34.0 Å². The number of phenolic OH excluding ortho intramolecular Hbond substituents is 1. The number of benzene rings is 1. The molecule has 1 aromatic rings. The standard InChI is InChI=1S/C29H48N12O7S2/c30-19(14-49)24(45)40-21(11-16-5-7-18(43)8-6-16)26(47)41-22(15-50)27(48)39-20(4-2-10-36-29(33)34)25(46)37-12-23(44)38-17(13-42)3-1-9-35-28(31)32/h5-8,13,17,19-22,43,49-50H,1-4,9-12,14-15,30H2,(H,37,46)(H,38,44)(H,39,48)(H,40,45)(H,41,47)(H4,31,32,35)(H4,33,34,36)/t17-,19-,20-,21-,22-/m0/s1. The Morgan fingerprint density at radius 1 is 0.740 bits per heavy atom. The molecule has 0 aromatic heterocycles. The number of amides is 5. The van der Waals surface area contributed by atoms with Crippen molar-refractivity contribution in [1.29, 1.82) is 0 Å². The van der Waals surface area contributed by atoms with Crippen molar-refractivity contribution in [2.45, 2.75) is 62.3 Å². The van der Waals surface area contributed by atoms with Crippen molar-refractivity contribution in [3.8, 4) is 5.75 Å². The Hall–Kier alpha value is -4.76. The highest BCUT2D eigenvalue weighted by Crippen LogP contribution is 2.12. The first-order valence-corrected chi connectivity index (χ1v) is 16.8. The van der Waals surface area contributed by atoms with Gasteiger partial charge < -0.3 is 65.2 Å². The Kier molecular flexibility index (Phi) is 20.4. The van der Waals surface area contributed by atoms with Crippen LogP contribution < -0.4 is 55.3 Å². The van der Waals surface area contributed by atoms with E-state index in [1.165, 1.54) is 12.1 Å². The SMILES string of the molecule is NC(N)=NCCC[C@@H](C=O)NC(=O)CNC(=O)[C@H](CCCN=C(N)N)NC(=O)[C@H](CS)NC(=O)[C@H](Cc1ccc(O)cc1)NC(=O)[C@@H](N)CS. The molecule has 278 valence electrons. The van der Waals surface area contributed by atoms with Crippen LogP contribution in [0, 0.1) is 0 Å². The lowest BCUT2D eigenvalue weighted by atomic mass is 10.0. The average molecular weight is 741 g/mol. The number of aromatic hydroxyl groups is 1. The van der Waals surface area contributed by atoms with Crippen LogP contribution in [0.4, 0.5) is 0 Å². The molecule has 0 aliphatic carbocycles. The van der Waals surface area contributed by atoms with Crippen LogP contribution >= 0.6 is 25.3 Å². The van der Waals surface area contributed by atoms with Crippen LogP contribution in [-0.4, -0.2) is 114 Å². The Morgan fingerprint density at radius 3 is 1.82 bits per heavy atom. The number of nitrogens with zero attached hydrogens (tertiary/aromatic N) is 2. The molecule has 0 unspecified atom stereocenters. The number of phenols is 1. The van der Waals surface area contributed by atoms with Crippen molar-refractivity contribution in [3.63, 3.8) is 0 Å². The highest BCUT2D eigenvalue weighted by atomic mass is 32.1. The number of aldehydes is 1. The molecule has 0 fully saturated rings. The molecule has 1 rings (SSSR count). The van der Waals surface area contributed by atoms with E-state index in [1.54, 1.807) is 12.1 Å². The minimum absolute atomic E-state index is 0.00126. The smallest absolute Gasteiger partial charge is 0.244 e. The first kappa shape index (κ1) is 43.3. The monoisotopic (exact) mass is 740 g/mol. The molecule has 16 N–H and O–H groups in total. The molecule has 0 spiro atoms. The molecule has 0 heterocycles. The number of nitrogens with two attached hydrogens (primary N) is 5. The van der Waals surface area contributed by atoms with Gasteiger partial charge in [0.05, 0.1) is 18.6 Å². The third-order valence-electron chi connectivity index (χ3n) is 6.84. The van der Waals surface area contributed by atoms with Crippen LogP contribution in [0.2, 0.25) is 0 Å². The van der Waals surface area contributed by atoms with Crippen molar-refractivity contribution in [3.05, 3.63) is 29.8 Å². The summed E-state index contributed by atoms with van der Waals surface area (Å²) in [6.07, 6.45) is 1.47. The summed E-state index contributed by atoms with van der Waals surface area (Å²) < 4.78 is 0. The van der Waals surface area contributed by atoms with Gasteiger partial charge in [-0.25, -0.2) is 0 Å². The summed E-state index contributed by atoms with van der Waals surface area (Å²) in [6.45, 7) is -0.132. The number of rotatable bonds is 23. The maximum Gasteiger partial charge on any atom is 0.244 e. The summed E-state index contributed by atoms with van der Waals surface area (Å²) in [4.78, 5) is 83.9. The lowest BCUT2D eigenvalue weighted by molar-refractivity contribution is -0.133. The van der Waals surface area contributed by atoms with Crippen LogP contribution in [0.25, 0.3) is 0 Å². The molecule has 19 nitrogen and oxygen atoms in total. The molecule has 5 amide bonds. The molecule has 0 saturated carbocycles. The number of hydrogen-bond donors (Lipinski definition) is 13. The number of carbonyl (C=O) groups is 6. The van der Waals surface area contributed by atoms with E-state index in [9.17, 15) is 33.9 Å². The number of hydrogen-bond acceptors (Lipinski definition) is 12. The molecular formula is C29H48N12O7S2. The molecule has 1 aromatic carbocycles. The average Bonchev–Trinajstić information content (AvgIpc) is 3.08. The summed E-state index contributed by atoms with van der Waals surface area (Å²) in [5.74, 6) is -4.06. The number of nitrogens with one attached hydrogen (secondary N) is 5. The van der Waals surface area contributed by atoms with E-state index in [0.29, 0.717) is 18.3 Å². The largest absolute Gasteiger partial charge is 0.508 e. The lowest BCUT2D eigenvalue weighted by Crippen LogP contribution is -2.59. The van der Waals surface area contributed by atoms with Crippen molar-refractivity contribution < 1.29 is 33.9 Å². The Bertz CT molecular complexity index is 1340. The molecule has 0 aliphatic heterocycles. The van der Waals surface area contributed by atoms with Crippen molar-refractivity contribution in [1.82, 2.24) is 26.6 Å². The van der Waals surface area contributed by atoms with Crippen LogP contribution in [0.1, 0.15) is 31.2 Å². The minimum Gasteiger partial charge on any atom is -0.508 e. The summed E-state index contributed by atoms with van der Waals surface area (Å²) >= 11 is 8.21. The number of thiol groups is 2. The fraction of sp³-hybridized carbons (Fsp3) is 0.517. The minimum atomic E-state index is -1.27. The van der Waals surface area contributed by atoms with Gasteiger partial charge in [0.15, 0.2) is 11.9 Å². The molecule has 0 saturated heterocycles. The first-order chi connectivity index (χ1) is 23.7. The molecule has 50 heavy (non-hydrogen) atoms. The van der Waals surface area contributed by atoms with Crippen LogP contribution in [0.5, 0.6) is 5.75 Å². The van der Waals surface area contributed by atoms with Crippen LogP contribution in [0.3, 0.4) is 0 Å². The molecule has 0 bridgehead atoms. The molecule has 0 radical (unpaired) electrons. The second-order valence-electron chi connectivity index (χ2n) is 11.0. The summed E-state index contributed by atoms with van der Waals surface area (Å²) in [7, 11) is 0. The van der Waals surface area contributed by atoms with Gasteiger partial charge in [0.25, 0.3) is 0 Å². The zero-order chi connectivity index (χ0) is 37.6. The van der Waals surface area contributed by atoms with Crippen molar-refractivity contribution in [2.24, 2.45) is 38.7 Å². The van der Waals surface area contributed by atoms with E-state index in [0.717, 1.165) is 0 Å². The molecule has 5 atom stereocenters. The van der Waals surface area contributed by atoms with Crippen LogP contribution in [-0.2, 0) is 35.2 Å². The quantitative estimate of drug-likeness (QED) is 0.0166. The zero-order valence-corrected chi connectivity index (χ0v) is 29.2. The van der Waals surface area contributed by atoms with E-state index in [-0.39, 0.29) is 67.9 Å². The van der Waals surface area contributed by atoms with Crippen molar-refractivity contribution in [2.75, 3.05) is 31.1 Å². The normalized spacial score (nSPS) is 13.6. The van der Waals surface area contributed by atoms with E-state index >= 15 is 0 Å². The van der Waals surface area contributed by atoms with Gasteiger partial charge >= 0.3 is 0 Å². The van der Waals surface area contributed by atoms with Gasteiger partial charge in [-0.05, 0) is 43.4 Å². The first-order valence-electron chi connectivity index (χ1n) is 15.5. The predicted octanol–water partition coefficient (Wildman–Crippen LogP) is -4.52. The van der Waals surface area contributed by atoms with Gasteiger partial charge in [0.2, 0.25) is 29.5 Å². The highest BCUT2D eigenvalue weighted by Gasteiger charge is 2.30. The fourth-order valence-electron chi connectivity index (χ4n) is 4.19. The maximum absolute atomic E-state index is 13.4. The van der Waals surface area contributed by atoms with E-state index in [4.69, 9.17) is 28.7 Å². The zero-order valence-electron chi connectivity index (χ0n) is 27.4. The molecule has 0 aliphatic rings. The van der Waals surface area contributed by atoms with Gasteiger partial charge in [-0.15, -0.1) is 0 Å². The van der Waals surface area contributed by atoms with Gasteiger partial charge in [-0.1, -0.05) is 12.1 Å².